The van der Waals surface area contributed by atoms with E-state index in [0.717, 1.165) is 6.07 Å². The number of amides is 1. The first-order valence-corrected chi connectivity index (χ1v) is 10.1. The quantitative estimate of drug-likeness (QED) is 0.183. The van der Waals surface area contributed by atoms with Gasteiger partial charge in [-0.25, -0.2) is 0 Å². The molecule has 174 valence electrons. The van der Waals surface area contributed by atoms with Crippen LogP contribution in [0.25, 0.3) is 5.76 Å². The lowest BCUT2D eigenvalue weighted by atomic mass is 9.94. The molecule has 10 heteroatoms. The maximum Gasteiger partial charge on any atom is 0.296 e. The highest BCUT2D eigenvalue weighted by Crippen LogP contribution is 2.42. The lowest BCUT2D eigenvalue weighted by molar-refractivity contribution is -0.384. The van der Waals surface area contributed by atoms with E-state index in [1.165, 1.54) is 43.6 Å². The van der Waals surface area contributed by atoms with Crippen LogP contribution in [0, 0.1) is 10.1 Å². The fourth-order valence-corrected chi connectivity index (χ4v) is 3.91. The van der Waals surface area contributed by atoms with Crippen LogP contribution in [0.2, 0.25) is 0 Å². The molecule has 1 atom stereocenters. The number of carbonyl (C=O) groups excluding carboxylic acids is 2. The second-order valence-corrected chi connectivity index (χ2v) is 7.43. The second-order valence-electron chi connectivity index (χ2n) is 7.43. The molecule has 2 aromatic carbocycles. The molecule has 0 radical (unpaired) electrons. The number of hydrogen-bond donors (Lipinski definition) is 1. The summed E-state index contributed by atoms with van der Waals surface area (Å²) in [6.07, 6.45) is 1.44. The summed E-state index contributed by atoms with van der Waals surface area (Å²) < 4.78 is 16.0. The fourth-order valence-electron chi connectivity index (χ4n) is 3.91. The van der Waals surface area contributed by atoms with Crippen molar-refractivity contribution in [3.8, 4) is 11.5 Å². The van der Waals surface area contributed by atoms with E-state index >= 15 is 0 Å². The smallest absolute Gasteiger partial charge is 0.296 e. The van der Waals surface area contributed by atoms with Crippen LogP contribution in [0.3, 0.4) is 0 Å². The standard InChI is InChI=1S/C24H20N2O8/c1-32-18-9-8-14(12-19(18)33-2)21-20(22(27)15-5-3-6-16(11-15)26(30)31)23(28)24(29)25(21)13-17-7-4-10-34-17/h3-12,21,27H,13H2,1-2H3/b22-20+/t21-/m0/s1. The highest BCUT2D eigenvalue weighted by atomic mass is 16.6. The van der Waals surface area contributed by atoms with Gasteiger partial charge in [0.25, 0.3) is 17.4 Å². The fraction of sp³-hybridized carbons (Fsp3) is 0.167. The van der Waals surface area contributed by atoms with Gasteiger partial charge in [0.1, 0.15) is 11.5 Å². The summed E-state index contributed by atoms with van der Waals surface area (Å²) >= 11 is 0. The van der Waals surface area contributed by atoms with E-state index in [1.807, 2.05) is 0 Å². The maximum atomic E-state index is 13.1. The molecule has 0 bridgehead atoms. The third-order valence-electron chi connectivity index (χ3n) is 5.50. The summed E-state index contributed by atoms with van der Waals surface area (Å²) in [6, 6.07) is 12.4. The molecule has 1 aliphatic rings. The molecule has 1 aliphatic heterocycles. The van der Waals surface area contributed by atoms with Gasteiger partial charge in [0.2, 0.25) is 0 Å². The van der Waals surface area contributed by atoms with Gasteiger partial charge < -0.3 is 23.9 Å². The lowest BCUT2D eigenvalue weighted by Crippen LogP contribution is -2.29. The Morgan fingerprint density at radius 2 is 1.85 bits per heavy atom. The van der Waals surface area contributed by atoms with Gasteiger partial charge in [0.05, 0.1) is 43.6 Å². The molecule has 10 nitrogen and oxygen atoms in total. The number of aliphatic hydroxyl groups excluding tert-OH is 1. The van der Waals surface area contributed by atoms with E-state index in [9.17, 15) is 24.8 Å². The number of ketones is 1. The predicted octanol–water partition coefficient (Wildman–Crippen LogP) is 3.83. The summed E-state index contributed by atoms with van der Waals surface area (Å²) in [5, 5.41) is 22.3. The first-order valence-electron chi connectivity index (χ1n) is 10.1. The van der Waals surface area contributed by atoms with Crippen molar-refractivity contribution in [2.24, 2.45) is 0 Å². The van der Waals surface area contributed by atoms with E-state index in [1.54, 1.807) is 30.3 Å². The van der Waals surface area contributed by atoms with Crippen molar-refractivity contribution < 1.29 is 33.5 Å². The average Bonchev–Trinajstić information content (AvgIpc) is 3.45. The van der Waals surface area contributed by atoms with Crippen LogP contribution < -0.4 is 9.47 Å². The highest BCUT2D eigenvalue weighted by Gasteiger charge is 2.46. The van der Waals surface area contributed by atoms with Gasteiger partial charge in [-0.2, -0.15) is 0 Å². The molecule has 1 fully saturated rings. The Hall–Kier alpha value is -4.60. The number of nitro groups is 1. The summed E-state index contributed by atoms with van der Waals surface area (Å²) in [6.45, 7) is -0.0394. The van der Waals surface area contributed by atoms with Crippen molar-refractivity contribution in [3.05, 3.63) is 93.4 Å². The molecule has 1 aromatic heterocycles. The van der Waals surface area contributed by atoms with Gasteiger partial charge in [-0.05, 0) is 29.8 Å². The van der Waals surface area contributed by atoms with E-state index in [4.69, 9.17) is 13.9 Å². The molecular weight excluding hydrogens is 444 g/mol. The van der Waals surface area contributed by atoms with Crippen LogP contribution in [0.4, 0.5) is 5.69 Å². The van der Waals surface area contributed by atoms with Crippen molar-refractivity contribution in [2.75, 3.05) is 14.2 Å². The van der Waals surface area contributed by atoms with Crippen LogP contribution in [0.1, 0.15) is 22.9 Å². The van der Waals surface area contributed by atoms with Crippen LogP contribution >= 0.6 is 0 Å². The Balaban J connectivity index is 1.91. The SMILES string of the molecule is COc1ccc([C@H]2/C(=C(\O)c3cccc([N+](=O)[O-])c3)C(=O)C(=O)N2Cc2ccco2)cc1OC. The molecule has 4 rings (SSSR count). The minimum Gasteiger partial charge on any atom is -0.507 e. The number of carbonyl (C=O) groups is 2. The second kappa shape index (κ2) is 9.10. The number of hydrogen-bond acceptors (Lipinski definition) is 8. The molecule has 1 N–H and O–H groups in total. The first-order chi connectivity index (χ1) is 16.3. The maximum absolute atomic E-state index is 13.1. The lowest BCUT2D eigenvalue weighted by Gasteiger charge is -2.25. The monoisotopic (exact) mass is 464 g/mol. The van der Waals surface area contributed by atoms with Crippen LogP contribution in [-0.4, -0.2) is 40.8 Å². The molecular formula is C24H20N2O8. The van der Waals surface area contributed by atoms with Crippen LogP contribution in [-0.2, 0) is 16.1 Å². The van der Waals surface area contributed by atoms with Crippen LogP contribution in [0.15, 0.2) is 70.9 Å². The summed E-state index contributed by atoms with van der Waals surface area (Å²) in [4.78, 5) is 38.0. The molecule has 1 amide bonds. The van der Waals surface area contributed by atoms with Gasteiger partial charge in [-0.15, -0.1) is 0 Å². The van der Waals surface area contributed by atoms with E-state index < -0.39 is 28.4 Å². The topological polar surface area (TPSA) is 132 Å². The number of aliphatic hydroxyl groups is 1. The van der Waals surface area contributed by atoms with E-state index in [0.29, 0.717) is 22.8 Å². The normalized spacial score (nSPS) is 17.1. The number of nitrogens with zero attached hydrogens (tertiary/aromatic N) is 2. The molecule has 0 saturated carbocycles. The number of nitro benzene ring substituents is 1. The number of likely N-dealkylation sites (tertiary alicyclic amines) is 1. The Morgan fingerprint density at radius 1 is 1.09 bits per heavy atom. The molecule has 0 aliphatic carbocycles. The summed E-state index contributed by atoms with van der Waals surface area (Å²) in [5.74, 6) is -1.06. The molecule has 0 spiro atoms. The third-order valence-corrected chi connectivity index (χ3v) is 5.50. The zero-order chi connectivity index (χ0) is 24.4. The number of methoxy groups -OCH3 is 2. The summed E-state index contributed by atoms with van der Waals surface area (Å²) in [7, 11) is 2.92. The average molecular weight is 464 g/mol. The molecule has 3 aromatic rings. The first kappa shape index (κ1) is 22.6. The zero-order valence-electron chi connectivity index (χ0n) is 18.3. The molecule has 2 heterocycles. The Bertz CT molecular complexity index is 1300. The van der Waals surface area contributed by atoms with Gasteiger partial charge in [-0.3, -0.25) is 19.7 Å². The minimum atomic E-state index is -1.01. The number of rotatable bonds is 7. The summed E-state index contributed by atoms with van der Waals surface area (Å²) in [5.41, 5.74) is 0.0341. The van der Waals surface area contributed by atoms with E-state index in [2.05, 4.69) is 0 Å². The van der Waals surface area contributed by atoms with Gasteiger partial charge in [0, 0.05) is 17.7 Å². The van der Waals surface area contributed by atoms with Crippen molar-refractivity contribution >= 4 is 23.1 Å². The van der Waals surface area contributed by atoms with Crippen molar-refractivity contribution in [1.29, 1.82) is 0 Å². The number of benzene rings is 2. The minimum absolute atomic E-state index is 0.0377. The van der Waals surface area contributed by atoms with Crippen molar-refractivity contribution in [2.45, 2.75) is 12.6 Å². The number of furan rings is 1. The zero-order valence-corrected chi connectivity index (χ0v) is 18.3. The highest BCUT2D eigenvalue weighted by molar-refractivity contribution is 6.46. The Morgan fingerprint density at radius 3 is 2.50 bits per heavy atom. The predicted molar refractivity (Wildman–Crippen MR) is 119 cm³/mol. The molecule has 34 heavy (non-hydrogen) atoms. The van der Waals surface area contributed by atoms with Gasteiger partial charge >= 0.3 is 0 Å². The largest absolute Gasteiger partial charge is 0.507 e. The van der Waals surface area contributed by atoms with E-state index in [-0.39, 0.29) is 23.4 Å². The van der Waals surface area contributed by atoms with Gasteiger partial charge in [0.15, 0.2) is 11.5 Å². The third kappa shape index (κ3) is 3.96. The Labute approximate surface area is 193 Å². The molecule has 0 unspecified atom stereocenters. The molecule has 1 saturated heterocycles. The number of Topliss-reactive ketones (excluding diaryl/α,β-unsaturated/α-hetero) is 1. The van der Waals surface area contributed by atoms with Crippen molar-refractivity contribution in [3.63, 3.8) is 0 Å². The number of ether oxygens (including phenoxy) is 2. The van der Waals surface area contributed by atoms with Crippen LogP contribution in [0.5, 0.6) is 11.5 Å². The Kier molecular flexibility index (Phi) is 6.05. The van der Waals surface area contributed by atoms with Crippen molar-refractivity contribution in [1.82, 2.24) is 4.90 Å². The van der Waals surface area contributed by atoms with Gasteiger partial charge in [-0.1, -0.05) is 18.2 Å². The number of non-ortho nitro benzene ring substituents is 1.